The third-order valence-electron chi connectivity index (χ3n) is 4.08. The highest BCUT2D eigenvalue weighted by atomic mass is 16.5. The Hall–Kier alpha value is -1.75. The minimum Gasteiger partial charge on any atom is -0.496 e. The fourth-order valence-corrected chi connectivity index (χ4v) is 2.77. The molecule has 2 aliphatic rings. The average molecular weight is 261 g/mol. The van der Waals surface area contributed by atoms with Gasteiger partial charge in [-0.3, -0.25) is 0 Å². The minimum atomic E-state index is 0.0734. The van der Waals surface area contributed by atoms with Crippen LogP contribution in [0, 0.1) is 0 Å². The topological polar surface area (TPSA) is 44.8 Å². The van der Waals surface area contributed by atoms with Gasteiger partial charge in [0.25, 0.3) is 0 Å². The zero-order valence-electron chi connectivity index (χ0n) is 11.3. The summed E-state index contributed by atoms with van der Waals surface area (Å²) in [7, 11) is 3.54. The Bertz CT molecular complexity index is 487. The first-order valence-electron chi connectivity index (χ1n) is 6.59. The molecule has 2 aliphatic heterocycles. The molecule has 2 amide bonds. The summed E-state index contributed by atoms with van der Waals surface area (Å²) in [6, 6.07) is 8.45. The van der Waals surface area contributed by atoms with Crippen molar-refractivity contribution in [2.24, 2.45) is 0 Å². The van der Waals surface area contributed by atoms with Gasteiger partial charge in [0.2, 0.25) is 0 Å². The molecule has 19 heavy (non-hydrogen) atoms. The van der Waals surface area contributed by atoms with Crippen molar-refractivity contribution >= 4 is 6.03 Å². The van der Waals surface area contributed by atoms with Crippen LogP contribution in [-0.4, -0.2) is 55.7 Å². The van der Waals surface area contributed by atoms with Gasteiger partial charge >= 0.3 is 6.03 Å². The van der Waals surface area contributed by atoms with Crippen LogP contribution in [0.2, 0.25) is 0 Å². The number of nitrogens with zero attached hydrogens (tertiary/aromatic N) is 2. The number of nitrogens with one attached hydrogen (secondary N) is 1. The lowest BCUT2D eigenvalue weighted by molar-refractivity contribution is 0.162. The van der Waals surface area contributed by atoms with E-state index in [1.807, 2.05) is 41.1 Å². The summed E-state index contributed by atoms with van der Waals surface area (Å²) in [5.74, 6) is 0.848. The maximum atomic E-state index is 12.3. The second-order valence-corrected chi connectivity index (χ2v) is 5.12. The van der Waals surface area contributed by atoms with E-state index in [2.05, 4.69) is 5.32 Å². The van der Waals surface area contributed by atoms with Gasteiger partial charge in [-0.2, -0.15) is 0 Å². The van der Waals surface area contributed by atoms with Crippen molar-refractivity contribution in [3.05, 3.63) is 29.8 Å². The fourth-order valence-electron chi connectivity index (χ4n) is 2.77. The van der Waals surface area contributed by atoms with Crippen LogP contribution >= 0.6 is 0 Å². The third-order valence-corrected chi connectivity index (χ3v) is 4.08. The Morgan fingerprint density at radius 2 is 2.05 bits per heavy atom. The van der Waals surface area contributed by atoms with E-state index in [9.17, 15) is 4.79 Å². The molecule has 0 radical (unpaired) electrons. The van der Waals surface area contributed by atoms with Crippen LogP contribution in [0.5, 0.6) is 5.75 Å². The maximum absolute atomic E-state index is 12.3. The molecular weight excluding hydrogens is 242 g/mol. The number of carbonyl (C=O) groups excluding carboxylic acids is 1. The summed E-state index contributed by atoms with van der Waals surface area (Å²) in [5, 5.41) is 3.21. The van der Waals surface area contributed by atoms with Crippen molar-refractivity contribution in [2.75, 3.05) is 33.8 Å². The molecule has 0 spiro atoms. The molecular formula is C14H19N3O2. The molecule has 1 aromatic rings. The lowest BCUT2D eigenvalue weighted by atomic mass is 10.0. The molecule has 5 nitrogen and oxygen atoms in total. The molecule has 2 saturated heterocycles. The Morgan fingerprint density at radius 3 is 2.68 bits per heavy atom. The predicted molar refractivity (Wildman–Crippen MR) is 72.3 cm³/mol. The number of urea groups is 1. The summed E-state index contributed by atoms with van der Waals surface area (Å²) in [4.78, 5) is 16.1. The molecule has 0 aliphatic carbocycles. The lowest BCUT2D eigenvalue weighted by Gasteiger charge is -2.34. The van der Waals surface area contributed by atoms with Crippen molar-refractivity contribution in [1.82, 2.24) is 15.1 Å². The van der Waals surface area contributed by atoms with Crippen LogP contribution < -0.4 is 10.1 Å². The van der Waals surface area contributed by atoms with Gasteiger partial charge in [-0.15, -0.1) is 0 Å². The highest BCUT2D eigenvalue weighted by Crippen LogP contribution is 2.34. The molecule has 0 saturated carbocycles. The van der Waals surface area contributed by atoms with Crippen molar-refractivity contribution in [1.29, 1.82) is 0 Å². The number of amides is 2. The van der Waals surface area contributed by atoms with Crippen LogP contribution in [0.15, 0.2) is 24.3 Å². The van der Waals surface area contributed by atoms with Crippen molar-refractivity contribution in [3.8, 4) is 5.75 Å². The standard InChI is InChI=1S/C14H19N3O2/c1-16-12(11-5-3-4-6-13(11)19-2)9-17(14(16)18)10-7-15-8-10/h3-6,10,12,15H,7-9H2,1-2H3. The van der Waals surface area contributed by atoms with Crippen LogP contribution in [0.1, 0.15) is 11.6 Å². The van der Waals surface area contributed by atoms with Crippen molar-refractivity contribution in [2.45, 2.75) is 12.1 Å². The van der Waals surface area contributed by atoms with Crippen molar-refractivity contribution < 1.29 is 9.53 Å². The van der Waals surface area contributed by atoms with Crippen molar-refractivity contribution in [3.63, 3.8) is 0 Å². The zero-order chi connectivity index (χ0) is 13.4. The number of ether oxygens (including phenoxy) is 1. The second-order valence-electron chi connectivity index (χ2n) is 5.12. The van der Waals surface area contributed by atoms with E-state index in [1.165, 1.54) is 0 Å². The number of hydrogen-bond acceptors (Lipinski definition) is 3. The van der Waals surface area contributed by atoms with Crippen LogP contribution in [-0.2, 0) is 0 Å². The van der Waals surface area contributed by atoms with E-state index in [-0.39, 0.29) is 12.1 Å². The number of methoxy groups -OCH3 is 1. The molecule has 0 bridgehead atoms. The Morgan fingerprint density at radius 1 is 1.32 bits per heavy atom. The molecule has 0 aromatic heterocycles. The molecule has 5 heteroatoms. The Kier molecular flexibility index (Phi) is 3.06. The lowest BCUT2D eigenvalue weighted by Crippen LogP contribution is -2.57. The zero-order valence-corrected chi connectivity index (χ0v) is 11.3. The molecule has 2 heterocycles. The largest absolute Gasteiger partial charge is 0.496 e. The van der Waals surface area contributed by atoms with Gasteiger partial charge in [-0.1, -0.05) is 18.2 Å². The summed E-state index contributed by atoms with van der Waals surface area (Å²) >= 11 is 0. The van der Waals surface area contributed by atoms with E-state index >= 15 is 0 Å². The molecule has 2 fully saturated rings. The summed E-state index contributed by atoms with van der Waals surface area (Å²) in [6.07, 6.45) is 0. The average Bonchev–Trinajstić information content (AvgIpc) is 2.65. The van der Waals surface area contributed by atoms with Gasteiger partial charge in [-0.25, -0.2) is 4.79 Å². The van der Waals surface area contributed by atoms with Crippen LogP contribution in [0.3, 0.4) is 0 Å². The normalized spacial score (nSPS) is 23.7. The van der Waals surface area contributed by atoms with Gasteiger partial charge in [0.15, 0.2) is 0 Å². The molecule has 1 N–H and O–H groups in total. The van der Waals surface area contributed by atoms with E-state index in [0.717, 1.165) is 30.9 Å². The molecule has 1 aromatic carbocycles. The first kappa shape index (κ1) is 12.3. The van der Waals surface area contributed by atoms with Gasteiger partial charge in [0.05, 0.1) is 19.2 Å². The van der Waals surface area contributed by atoms with Gasteiger partial charge < -0.3 is 19.9 Å². The van der Waals surface area contributed by atoms with E-state index in [0.29, 0.717) is 6.04 Å². The summed E-state index contributed by atoms with van der Waals surface area (Å²) in [5.41, 5.74) is 1.08. The van der Waals surface area contributed by atoms with Gasteiger partial charge in [0, 0.05) is 32.2 Å². The molecule has 3 rings (SSSR count). The Labute approximate surface area is 113 Å². The highest BCUT2D eigenvalue weighted by molar-refractivity contribution is 5.78. The predicted octanol–water partition coefficient (Wildman–Crippen LogP) is 1.08. The van der Waals surface area contributed by atoms with E-state index < -0.39 is 0 Å². The SMILES string of the molecule is COc1ccccc1C1CN(C2CNC2)C(=O)N1C. The Balaban J connectivity index is 1.86. The number of benzene rings is 1. The minimum absolute atomic E-state index is 0.0734. The van der Waals surface area contributed by atoms with E-state index in [4.69, 9.17) is 4.74 Å². The number of carbonyl (C=O) groups is 1. The number of hydrogen-bond donors (Lipinski definition) is 1. The smallest absolute Gasteiger partial charge is 0.320 e. The first-order chi connectivity index (χ1) is 9.22. The number of rotatable bonds is 3. The fraction of sp³-hybridized carbons (Fsp3) is 0.500. The maximum Gasteiger partial charge on any atom is 0.320 e. The quantitative estimate of drug-likeness (QED) is 0.885. The molecule has 1 unspecified atom stereocenters. The third kappa shape index (κ3) is 1.94. The molecule has 102 valence electrons. The summed E-state index contributed by atoms with van der Waals surface area (Å²) < 4.78 is 5.41. The van der Waals surface area contributed by atoms with Gasteiger partial charge in [-0.05, 0) is 6.07 Å². The molecule has 1 atom stereocenters. The summed E-state index contributed by atoms with van der Waals surface area (Å²) in [6.45, 7) is 2.54. The second kappa shape index (κ2) is 4.74. The highest BCUT2D eigenvalue weighted by Gasteiger charge is 2.41. The number of para-hydroxylation sites is 1. The van der Waals surface area contributed by atoms with Gasteiger partial charge in [0.1, 0.15) is 5.75 Å². The monoisotopic (exact) mass is 261 g/mol. The first-order valence-corrected chi connectivity index (χ1v) is 6.59. The van der Waals surface area contributed by atoms with Crippen LogP contribution in [0.4, 0.5) is 4.79 Å². The number of likely N-dealkylation sites (N-methyl/N-ethyl adjacent to an activating group) is 1. The van der Waals surface area contributed by atoms with Crippen LogP contribution in [0.25, 0.3) is 0 Å². The van der Waals surface area contributed by atoms with E-state index in [1.54, 1.807) is 7.11 Å².